The SMILES string of the molecule is C[C@@H]1CCCN(C[C@H]2OCCC(F)[C@H]2C)C1. The number of hydrogen-bond acceptors (Lipinski definition) is 2. The van der Waals surface area contributed by atoms with Crippen LogP contribution in [0.4, 0.5) is 4.39 Å². The Kier molecular flexibility index (Phi) is 4.20. The molecule has 2 aliphatic heterocycles. The average molecular weight is 229 g/mol. The van der Waals surface area contributed by atoms with Crippen LogP contribution in [-0.2, 0) is 4.74 Å². The van der Waals surface area contributed by atoms with Gasteiger partial charge in [-0.2, -0.15) is 0 Å². The van der Waals surface area contributed by atoms with Crippen molar-refractivity contribution in [3.05, 3.63) is 0 Å². The lowest BCUT2D eigenvalue weighted by Gasteiger charge is -2.38. The molecule has 2 aliphatic rings. The molecule has 0 aromatic heterocycles. The van der Waals surface area contributed by atoms with Gasteiger partial charge in [-0.3, -0.25) is 0 Å². The Morgan fingerprint density at radius 1 is 1.31 bits per heavy atom. The highest BCUT2D eigenvalue weighted by molar-refractivity contribution is 4.82. The Morgan fingerprint density at radius 3 is 2.88 bits per heavy atom. The third-order valence-corrected chi connectivity index (χ3v) is 4.06. The fourth-order valence-corrected chi connectivity index (χ4v) is 2.91. The molecule has 0 aromatic rings. The number of hydrogen-bond donors (Lipinski definition) is 0. The minimum absolute atomic E-state index is 0.0611. The van der Waals surface area contributed by atoms with Crippen molar-refractivity contribution in [1.82, 2.24) is 4.90 Å². The summed E-state index contributed by atoms with van der Waals surface area (Å²) in [5.41, 5.74) is 0. The third kappa shape index (κ3) is 2.95. The zero-order valence-corrected chi connectivity index (χ0v) is 10.5. The maximum Gasteiger partial charge on any atom is 0.107 e. The number of rotatable bonds is 2. The van der Waals surface area contributed by atoms with Crippen LogP contribution in [0.25, 0.3) is 0 Å². The zero-order chi connectivity index (χ0) is 11.5. The summed E-state index contributed by atoms with van der Waals surface area (Å²) in [6, 6.07) is 0. The summed E-state index contributed by atoms with van der Waals surface area (Å²) in [6.07, 6.45) is 2.63. The van der Waals surface area contributed by atoms with E-state index in [-0.39, 0.29) is 12.0 Å². The summed E-state index contributed by atoms with van der Waals surface area (Å²) in [7, 11) is 0. The van der Waals surface area contributed by atoms with Gasteiger partial charge in [0.15, 0.2) is 0 Å². The van der Waals surface area contributed by atoms with E-state index in [0.29, 0.717) is 13.0 Å². The van der Waals surface area contributed by atoms with Gasteiger partial charge in [-0.1, -0.05) is 13.8 Å². The van der Waals surface area contributed by atoms with Crippen molar-refractivity contribution in [2.24, 2.45) is 11.8 Å². The lowest BCUT2D eigenvalue weighted by Crippen LogP contribution is -2.46. The van der Waals surface area contributed by atoms with Gasteiger partial charge in [-0.05, 0) is 25.3 Å². The van der Waals surface area contributed by atoms with Gasteiger partial charge in [0.25, 0.3) is 0 Å². The van der Waals surface area contributed by atoms with Gasteiger partial charge in [0.2, 0.25) is 0 Å². The van der Waals surface area contributed by atoms with Crippen molar-refractivity contribution in [1.29, 1.82) is 0 Å². The second-order valence-corrected chi connectivity index (χ2v) is 5.58. The number of halogens is 1. The van der Waals surface area contributed by atoms with E-state index in [4.69, 9.17) is 4.74 Å². The monoisotopic (exact) mass is 229 g/mol. The Balaban J connectivity index is 1.83. The summed E-state index contributed by atoms with van der Waals surface area (Å²) in [6.45, 7) is 8.13. The van der Waals surface area contributed by atoms with E-state index in [1.54, 1.807) is 0 Å². The Bertz CT molecular complexity index is 224. The van der Waals surface area contributed by atoms with E-state index < -0.39 is 6.17 Å². The average Bonchev–Trinajstić information content (AvgIpc) is 2.25. The molecule has 0 saturated carbocycles. The molecule has 1 unspecified atom stereocenters. The largest absolute Gasteiger partial charge is 0.376 e. The van der Waals surface area contributed by atoms with Crippen LogP contribution in [0.15, 0.2) is 0 Å². The van der Waals surface area contributed by atoms with E-state index in [1.165, 1.54) is 12.8 Å². The first-order valence-electron chi connectivity index (χ1n) is 6.65. The van der Waals surface area contributed by atoms with Crippen molar-refractivity contribution >= 4 is 0 Å². The first kappa shape index (κ1) is 12.3. The predicted octanol–water partition coefficient (Wildman–Crippen LogP) is 2.48. The van der Waals surface area contributed by atoms with Gasteiger partial charge in [0, 0.05) is 32.0 Å². The lowest BCUT2D eigenvalue weighted by molar-refractivity contribution is -0.0755. The van der Waals surface area contributed by atoms with Crippen LogP contribution in [-0.4, -0.2) is 43.4 Å². The molecule has 16 heavy (non-hydrogen) atoms. The van der Waals surface area contributed by atoms with E-state index >= 15 is 0 Å². The maximum absolute atomic E-state index is 13.6. The van der Waals surface area contributed by atoms with Gasteiger partial charge in [0.05, 0.1) is 6.10 Å². The van der Waals surface area contributed by atoms with E-state index in [9.17, 15) is 4.39 Å². The van der Waals surface area contributed by atoms with Crippen LogP contribution in [0.1, 0.15) is 33.1 Å². The summed E-state index contributed by atoms with van der Waals surface area (Å²) in [4.78, 5) is 2.45. The highest BCUT2D eigenvalue weighted by atomic mass is 19.1. The van der Waals surface area contributed by atoms with E-state index in [0.717, 1.165) is 25.6 Å². The Labute approximate surface area is 98.1 Å². The van der Waals surface area contributed by atoms with E-state index in [1.807, 2.05) is 6.92 Å². The third-order valence-electron chi connectivity index (χ3n) is 4.06. The molecule has 94 valence electrons. The molecule has 0 bridgehead atoms. The number of nitrogens with zero attached hydrogens (tertiary/aromatic N) is 1. The summed E-state index contributed by atoms with van der Waals surface area (Å²) in [5, 5.41) is 0. The molecule has 2 rings (SSSR count). The van der Waals surface area contributed by atoms with Crippen LogP contribution in [0.3, 0.4) is 0 Å². The predicted molar refractivity (Wildman–Crippen MR) is 63.3 cm³/mol. The van der Waals surface area contributed by atoms with Gasteiger partial charge in [-0.15, -0.1) is 0 Å². The quantitative estimate of drug-likeness (QED) is 0.721. The van der Waals surface area contributed by atoms with Crippen LogP contribution < -0.4 is 0 Å². The molecule has 4 atom stereocenters. The Morgan fingerprint density at radius 2 is 2.12 bits per heavy atom. The Hall–Kier alpha value is -0.150. The van der Waals surface area contributed by atoms with Crippen molar-refractivity contribution in [2.75, 3.05) is 26.2 Å². The topological polar surface area (TPSA) is 12.5 Å². The molecule has 0 spiro atoms. The molecule has 2 heterocycles. The second kappa shape index (κ2) is 5.46. The van der Waals surface area contributed by atoms with E-state index in [2.05, 4.69) is 11.8 Å². The summed E-state index contributed by atoms with van der Waals surface area (Å²) < 4.78 is 19.3. The number of alkyl halides is 1. The standard InChI is InChI=1S/C13H24FNO/c1-10-4-3-6-15(8-10)9-13-11(2)12(14)5-7-16-13/h10-13H,3-9H2,1-2H3/t10-,11-,12?,13-/m1/s1. The summed E-state index contributed by atoms with van der Waals surface area (Å²) in [5.74, 6) is 0.847. The van der Waals surface area contributed by atoms with Crippen molar-refractivity contribution in [2.45, 2.75) is 45.4 Å². The molecule has 0 aromatic carbocycles. The summed E-state index contributed by atoms with van der Waals surface area (Å²) >= 11 is 0. The van der Waals surface area contributed by atoms with Crippen molar-refractivity contribution in [3.63, 3.8) is 0 Å². The lowest BCUT2D eigenvalue weighted by atomic mass is 9.93. The van der Waals surface area contributed by atoms with Crippen molar-refractivity contribution < 1.29 is 9.13 Å². The number of ether oxygens (including phenoxy) is 1. The second-order valence-electron chi connectivity index (χ2n) is 5.58. The molecular weight excluding hydrogens is 205 g/mol. The molecule has 3 heteroatoms. The number of likely N-dealkylation sites (tertiary alicyclic amines) is 1. The fraction of sp³-hybridized carbons (Fsp3) is 1.00. The maximum atomic E-state index is 13.6. The molecule has 0 N–H and O–H groups in total. The van der Waals surface area contributed by atoms with Gasteiger partial charge >= 0.3 is 0 Å². The van der Waals surface area contributed by atoms with Gasteiger partial charge < -0.3 is 9.64 Å². The normalized spacial score (nSPS) is 42.2. The zero-order valence-electron chi connectivity index (χ0n) is 10.5. The first-order valence-corrected chi connectivity index (χ1v) is 6.65. The number of piperidine rings is 1. The fourth-order valence-electron chi connectivity index (χ4n) is 2.91. The molecule has 0 radical (unpaired) electrons. The minimum atomic E-state index is -0.666. The van der Waals surface area contributed by atoms with Crippen LogP contribution in [0, 0.1) is 11.8 Å². The highest BCUT2D eigenvalue weighted by Gasteiger charge is 2.32. The van der Waals surface area contributed by atoms with Crippen molar-refractivity contribution in [3.8, 4) is 0 Å². The molecular formula is C13H24FNO. The molecule has 2 saturated heterocycles. The smallest absolute Gasteiger partial charge is 0.107 e. The van der Waals surface area contributed by atoms with Gasteiger partial charge in [-0.25, -0.2) is 4.39 Å². The minimum Gasteiger partial charge on any atom is -0.376 e. The first-order chi connectivity index (χ1) is 7.66. The van der Waals surface area contributed by atoms with Gasteiger partial charge in [0.1, 0.15) is 6.17 Å². The molecule has 0 amide bonds. The molecule has 2 nitrogen and oxygen atoms in total. The van der Waals surface area contributed by atoms with Crippen LogP contribution in [0.5, 0.6) is 0 Å². The molecule has 0 aliphatic carbocycles. The highest BCUT2D eigenvalue weighted by Crippen LogP contribution is 2.25. The van der Waals surface area contributed by atoms with Crippen LogP contribution in [0.2, 0.25) is 0 Å². The van der Waals surface area contributed by atoms with Crippen LogP contribution >= 0.6 is 0 Å². The molecule has 2 fully saturated rings.